The van der Waals surface area contributed by atoms with Crippen LogP contribution in [0, 0.1) is 0 Å². The van der Waals surface area contributed by atoms with Crippen molar-refractivity contribution < 1.29 is 0 Å². The third-order valence-electron chi connectivity index (χ3n) is 12.1. The lowest BCUT2D eigenvalue weighted by Gasteiger charge is -2.29. The highest BCUT2D eigenvalue weighted by Gasteiger charge is 2.34. The van der Waals surface area contributed by atoms with Crippen LogP contribution >= 0.6 is 0 Å². The van der Waals surface area contributed by atoms with Gasteiger partial charge in [0, 0.05) is 38.2 Å². The summed E-state index contributed by atoms with van der Waals surface area (Å²) in [6.45, 7) is 0.464. The Morgan fingerprint density at radius 1 is 0.311 bits per heavy atom. The zero-order valence-electron chi connectivity index (χ0n) is 33.3. The number of hydrogen-bond donors (Lipinski definition) is 0. The van der Waals surface area contributed by atoms with E-state index in [1.54, 1.807) is 0 Å². The number of para-hydroxylation sites is 6. The topological polar surface area (TPSA) is 28.7 Å². The molecule has 12 rings (SSSR count). The second-order valence-electron chi connectivity index (χ2n) is 15.6. The monoisotopic (exact) mass is 781 g/mol. The maximum absolute atomic E-state index is 5.77. The minimum Gasteiger partial charge on any atom is -0.307 e. The molecule has 0 spiro atoms. The average molecular weight is 782 g/mol. The molecule has 0 N–H and O–H groups in total. The van der Waals surface area contributed by atoms with Gasteiger partial charge in [0.05, 0.1) is 39.1 Å². The number of benzene rings is 9. The SMILES string of the molecule is c1ccc(C2=NN(c3c(-n4c5ccccc5c5ccccc54)cccc3-n3c4ccccc4c4ccccc43)CN2c2c(-c3ccccc3)cccc2-c2ccccc2)cc1. The fourth-order valence-corrected chi connectivity index (χ4v) is 9.54. The van der Waals surface area contributed by atoms with Gasteiger partial charge < -0.3 is 14.0 Å². The molecule has 0 bridgehead atoms. The number of aromatic nitrogens is 2. The van der Waals surface area contributed by atoms with E-state index in [1.165, 1.54) is 21.5 Å². The number of rotatable bonds is 7. The second-order valence-corrected chi connectivity index (χ2v) is 15.6. The van der Waals surface area contributed by atoms with Crippen molar-refractivity contribution in [3.05, 3.63) is 230 Å². The van der Waals surface area contributed by atoms with Crippen LogP contribution in [-0.2, 0) is 0 Å². The maximum Gasteiger partial charge on any atom is 0.162 e. The lowest BCUT2D eigenvalue weighted by Crippen LogP contribution is -2.33. The van der Waals surface area contributed by atoms with E-state index in [0.29, 0.717) is 6.67 Å². The summed E-state index contributed by atoms with van der Waals surface area (Å²) < 4.78 is 4.87. The minimum absolute atomic E-state index is 0.464. The summed E-state index contributed by atoms with van der Waals surface area (Å²) in [6.07, 6.45) is 0. The predicted molar refractivity (Wildman–Crippen MR) is 255 cm³/mol. The predicted octanol–water partition coefficient (Wildman–Crippen LogP) is 13.9. The highest BCUT2D eigenvalue weighted by Crippen LogP contribution is 2.46. The zero-order chi connectivity index (χ0) is 40.3. The van der Waals surface area contributed by atoms with E-state index in [-0.39, 0.29) is 0 Å². The Morgan fingerprint density at radius 2 is 0.672 bits per heavy atom. The van der Waals surface area contributed by atoms with Gasteiger partial charge in [-0.25, -0.2) is 5.01 Å². The molecule has 0 aliphatic carbocycles. The minimum atomic E-state index is 0.464. The first kappa shape index (κ1) is 34.9. The first-order valence-corrected chi connectivity index (χ1v) is 20.8. The summed E-state index contributed by atoms with van der Waals surface area (Å²) in [6, 6.07) is 80.5. The van der Waals surface area contributed by atoms with Crippen LogP contribution in [0.1, 0.15) is 5.56 Å². The van der Waals surface area contributed by atoms with Crippen LogP contribution in [0.2, 0.25) is 0 Å². The highest BCUT2D eigenvalue weighted by molar-refractivity contribution is 6.17. The summed E-state index contributed by atoms with van der Waals surface area (Å²) in [7, 11) is 0. The van der Waals surface area contributed by atoms with Crippen molar-refractivity contribution in [2.24, 2.45) is 5.10 Å². The molecule has 0 atom stereocenters. The molecule has 5 nitrogen and oxygen atoms in total. The first-order chi connectivity index (χ1) is 30.3. The van der Waals surface area contributed by atoms with Crippen molar-refractivity contribution in [2.75, 3.05) is 16.6 Å². The molecule has 1 aliphatic heterocycles. The summed E-state index contributed by atoms with van der Waals surface area (Å²) in [5.41, 5.74) is 14.4. The Bertz CT molecular complexity index is 3160. The van der Waals surface area contributed by atoms with Crippen molar-refractivity contribution >= 4 is 60.8 Å². The van der Waals surface area contributed by atoms with Gasteiger partial charge in [-0.15, -0.1) is 0 Å². The van der Waals surface area contributed by atoms with Crippen molar-refractivity contribution in [3.63, 3.8) is 0 Å². The van der Waals surface area contributed by atoms with Crippen molar-refractivity contribution in [2.45, 2.75) is 0 Å². The van der Waals surface area contributed by atoms with Crippen LogP contribution in [0.3, 0.4) is 0 Å². The smallest absolute Gasteiger partial charge is 0.162 e. The molecular formula is C56H39N5. The average Bonchev–Trinajstić information content (AvgIpc) is 4.03. The number of amidine groups is 1. The van der Waals surface area contributed by atoms with Crippen molar-refractivity contribution in [3.8, 4) is 33.6 Å². The van der Waals surface area contributed by atoms with E-state index < -0.39 is 0 Å². The second kappa shape index (κ2) is 14.3. The summed E-state index contributed by atoms with van der Waals surface area (Å²) in [5.74, 6) is 0.881. The lowest BCUT2D eigenvalue weighted by atomic mass is 9.94. The van der Waals surface area contributed by atoms with Crippen molar-refractivity contribution in [1.82, 2.24) is 9.13 Å². The number of hydrogen-bond acceptors (Lipinski definition) is 3. The lowest BCUT2D eigenvalue weighted by molar-refractivity contribution is 0.897. The van der Waals surface area contributed by atoms with Gasteiger partial charge in [0.1, 0.15) is 12.4 Å². The van der Waals surface area contributed by atoms with E-state index in [1.807, 2.05) is 0 Å². The van der Waals surface area contributed by atoms with Gasteiger partial charge in [-0.3, -0.25) is 0 Å². The van der Waals surface area contributed by atoms with Gasteiger partial charge in [-0.2, -0.15) is 5.10 Å². The van der Waals surface area contributed by atoms with E-state index in [2.05, 4.69) is 243 Å². The molecule has 3 heterocycles. The number of nitrogens with zero attached hydrogens (tertiary/aromatic N) is 5. The fourth-order valence-electron chi connectivity index (χ4n) is 9.54. The zero-order valence-corrected chi connectivity index (χ0v) is 33.3. The Balaban J connectivity index is 1.18. The van der Waals surface area contributed by atoms with Gasteiger partial charge in [0.15, 0.2) is 5.84 Å². The van der Waals surface area contributed by atoms with Crippen LogP contribution in [0.5, 0.6) is 0 Å². The quantitative estimate of drug-likeness (QED) is 0.161. The van der Waals surface area contributed by atoms with Crippen LogP contribution in [0.4, 0.5) is 11.4 Å². The fraction of sp³-hybridized carbons (Fsp3) is 0.0179. The molecule has 61 heavy (non-hydrogen) atoms. The first-order valence-electron chi connectivity index (χ1n) is 20.8. The molecule has 288 valence electrons. The molecule has 0 saturated carbocycles. The summed E-state index contributed by atoms with van der Waals surface area (Å²) in [4.78, 5) is 2.43. The standard InChI is InChI=1S/C56H39N5/c1-4-20-39(21-5-1)42-30-18-31-43(40-22-6-2-7-23-40)54(42)58-38-59(57-56(58)41-24-8-3-9-25-41)55-52(60-48-32-14-10-26-44(48)45-27-11-15-33-49(45)60)36-19-37-53(55)61-50-34-16-12-28-46(50)47-29-13-17-35-51(47)61/h1-37H,38H2. The van der Waals surface area contributed by atoms with Gasteiger partial charge in [-0.1, -0.05) is 188 Å². The van der Waals surface area contributed by atoms with Gasteiger partial charge in [0.2, 0.25) is 0 Å². The van der Waals surface area contributed by atoms with E-state index in [9.17, 15) is 0 Å². The number of anilines is 2. The van der Waals surface area contributed by atoms with Crippen LogP contribution in [-0.4, -0.2) is 21.6 Å². The van der Waals surface area contributed by atoms with Gasteiger partial charge in [-0.05, 0) is 47.5 Å². The Kier molecular flexibility index (Phi) is 8.17. The Hall–Kier alpha value is -8.15. The van der Waals surface area contributed by atoms with E-state index in [0.717, 1.165) is 78.5 Å². The molecule has 0 amide bonds. The molecule has 0 saturated heterocycles. The van der Waals surface area contributed by atoms with Crippen LogP contribution in [0.15, 0.2) is 230 Å². The molecule has 0 fully saturated rings. The number of hydrazone groups is 1. The Labute approximate surface area is 353 Å². The van der Waals surface area contributed by atoms with Gasteiger partial charge in [0.25, 0.3) is 0 Å². The maximum atomic E-state index is 5.77. The van der Waals surface area contributed by atoms with Gasteiger partial charge >= 0.3 is 0 Å². The molecule has 2 aromatic heterocycles. The van der Waals surface area contributed by atoms with Crippen molar-refractivity contribution in [1.29, 1.82) is 0 Å². The molecule has 11 aromatic rings. The largest absolute Gasteiger partial charge is 0.307 e. The van der Waals surface area contributed by atoms with E-state index >= 15 is 0 Å². The summed E-state index contributed by atoms with van der Waals surface area (Å²) in [5, 5.41) is 12.9. The highest BCUT2D eigenvalue weighted by atomic mass is 15.6. The molecule has 0 unspecified atom stereocenters. The third kappa shape index (κ3) is 5.59. The van der Waals surface area contributed by atoms with E-state index in [4.69, 9.17) is 5.10 Å². The van der Waals surface area contributed by atoms with Crippen LogP contribution < -0.4 is 9.91 Å². The number of fused-ring (bicyclic) bond motifs is 6. The molecule has 5 heteroatoms. The third-order valence-corrected chi connectivity index (χ3v) is 12.1. The molecule has 0 radical (unpaired) electrons. The molecular weight excluding hydrogens is 743 g/mol. The molecule has 9 aromatic carbocycles. The Morgan fingerprint density at radius 3 is 1.10 bits per heavy atom. The normalized spacial score (nSPS) is 12.9. The van der Waals surface area contributed by atoms with Crippen LogP contribution in [0.25, 0.3) is 77.2 Å². The summed E-state index contributed by atoms with van der Waals surface area (Å²) >= 11 is 0. The molecule has 1 aliphatic rings.